The molecule has 0 heterocycles. The minimum Gasteiger partial charge on any atom is -0.394 e. The van der Waals surface area contributed by atoms with Gasteiger partial charge in [-0.05, 0) is 30.2 Å². The minimum atomic E-state index is -0.259. The number of thioether (sulfide) groups is 1. The number of hydrogen-bond donors (Lipinski definition) is 2. The first-order valence-electron chi connectivity index (χ1n) is 6.31. The maximum atomic E-state index is 12.7. The van der Waals surface area contributed by atoms with Gasteiger partial charge in [-0.1, -0.05) is 13.8 Å². The summed E-state index contributed by atoms with van der Waals surface area (Å²) in [6.07, 6.45) is 0.380. The molecule has 1 rings (SSSR count). The number of benzene rings is 1. The molecular formula is C14H20FNO2S. The highest BCUT2D eigenvalue weighted by Gasteiger charge is 2.14. The van der Waals surface area contributed by atoms with Crippen LogP contribution in [0.3, 0.4) is 0 Å². The minimum absolute atomic E-state index is 0.0471. The van der Waals surface area contributed by atoms with Gasteiger partial charge in [0.05, 0.1) is 12.6 Å². The van der Waals surface area contributed by atoms with Crippen LogP contribution in [0.1, 0.15) is 20.3 Å². The molecule has 0 aliphatic rings. The predicted octanol–water partition coefficient (Wildman–Crippen LogP) is 2.44. The molecule has 1 unspecified atom stereocenters. The maximum absolute atomic E-state index is 12.7. The van der Waals surface area contributed by atoms with E-state index in [9.17, 15) is 9.18 Å². The lowest BCUT2D eigenvalue weighted by molar-refractivity contribution is -0.122. The van der Waals surface area contributed by atoms with Crippen molar-refractivity contribution in [3.05, 3.63) is 30.1 Å². The molecule has 0 bridgehead atoms. The number of aliphatic hydroxyl groups excluding tert-OH is 1. The molecule has 1 aromatic rings. The van der Waals surface area contributed by atoms with Crippen molar-refractivity contribution in [3.8, 4) is 0 Å². The maximum Gasteiger partial charge on any atom is 0.221 e. The van der Waals surface area contributed by atoms with Crippen LogP contribution in [0.15, 0.2) is 29.2 Å². The molecule has 5 heteroatoms. The lowest BCUT2D eigenvalue weighted by Crippen LogP contribution is -2.41. The summed E-state index contributed by atoms with van der Waals surface area (Å²) in [6.45, 7) is 3.86. The molecular weight excluding hydrogens is 265 g/mol. The zero-order valence-corrected chi connectivity index (χ0v) is 12.0. The smallest absolute Gasteiger partial charge is 0.221 e. The van der Waals surface area contributed by atoms with E-state index in [-0.39, 0.29) is 30.3 Å². The Kier molecular flexibility index (Phi) is 6.87. The Bertz CT molecular complexity index is 395. The Morgan fingerprint density at radius 3 is 2.53 bits per heavy atom. The summed E-state index contributed by atoms with van der Waals surface area (Å²) in [5.41, 5.74) is 0. The van der Waals surface area contributed by atoms with Crippen molar-refractivity contribution in [2.24, 2.45) is 5.92 Å². The van der Waals surface area contributed by atoms with Crippen molar-refractivity contribution in [2.75, 3.05) is 12.4 Å². The molecule has 1 aromatic carbocycles. The Balaban J connectivity index is 2.29. The standard InChI is InChI=1S/C14H20FNO2S/c1-10(2)13(9-17)16-14(18)7-8-19-12-5-3-11(15)4-6-12/h3-6,10,13,17H,7-9H2,1-2H3,(H,16,18). The largest absolute Gasteiger partial charge is 0.394 e. The fourth-order valence-corrected chi connectivity index (χ4v) is 2.35. The third-order valence-corrected chi connectivity index (χ3v) is 3.77. The molecule has 1 amide bonds. The van der Waals surface area contributed by atoms with E-state index in [4.69, 9.17) is 5.11 Å². The Hall–Kier alpha value is -1.07. The molecule has 0 saturated heterocycles. The molecule has 0 saturated carbocycles. The highest BCUT2D eigenvalue weighted by Crippen LogP contribution is 2.18. The highest BCUT2D eigenvalue weighted by atomic mass is 32.2. The zero-order chi connectivity index (χ0) is 14.3. The molecule has 2 N–H and O–H groups in total. The third kappa shape index (κ3) is 6.07. The zero-order valence-electron chi connectivity index (χ0n) is 11.2. The van der Waals surface area contributed by atoms with Gasteiger partial charge >= 0.3 is 0 Å². The molecule has 0 aliphatic carbocycles. The van der Waals surface area contributed by atoms with Gasteiger partial charge in [-0.15, -0.1) is 11.8 Å². The first-order chi connectivity index (χ1) is 9.02. The molecule has 0 spiro atoms. The lowest BCUT2D eigenvalue weighted by atomic mass is 10.1. The average Bonchev–Trinajstić information content (AvgIpc) is 2.38. The fraction of sp³-hybridized carbons (Fsp3) is 0.500. The number of aliphatic hydroxyl groups is 1. The van der Waals surface area contributed by atoms with E-state index >= 15 is 0 Å². The molecule has 0 fully saturated rings. The fourth-order valence-electron chi connectivity index (χ4n) is 1.49. The van der Waals surface area contributed by atoms with Gasteiger partial charge in [0.1, 0.15) is 5.82 Å². The number of amides is 1. The highest BCUT2D eigenvalue weighted by molar-refractivity contribution is 7.99. The van der Waals surface area contributed by atoms with Crippen molar-refractivity contribution in [2.45, 2.75) is 31.2 Å². The number of nitrogens with one attached hydrogen (secondary N) is 1. The predicted molar refractivity (Wildman–Crippen MR) is 75.6 cm³/mol. The monoisotopic (exact) mass is 285 g/mol. The van der Waals surface area contributed by atoms with E-state index in [1.165, 1.54) is 23.9 Å². The van der Waals surface area contributed by atoms with Crippen LogP contribution in [0.4, 0.5) is 4.39 Å². The summed E-state index contributed by atoms with van der Waals surface area (Å²) in [5, 5.41) is 11.9. The van der Waals surface area contributed by atoms with E-state index in [2.05, 4.69) is 5.32 Å². The number of carbonyl (C=O) groups is 1. The second-order valence-corrected chi connectivity index (χ2v) is 5.82. The molecule has 0 radical (unpaired) electrons. The van der Waals surface area contributed by atoms with Crippen LogP contribution >= 0.6 is 11.8 Å². The molecule has 1 atom stereocenters. The van der Waals surface area contributed by atoms with Crippen molar-refractivity contribution in [3.63, 3.8) is 0 Å². The van der Waals surface area contributed by atoms with Gasteiger partial charge in [0.15, 0.2) is 0 Å². The summed E-state index contributed by atoms with van der Waals surface area (Å²) in [6, 6.07) is 6.01. The van der Waals surface area contributed by atoms with E-state index < -0.39 is 0 Å². The summed E-state index contributed by atoms with van der Waals surface area (Å²) >= 11 is 1.51. The number of rotatable bonds is 7. The molecule has 0 aromatic heterocycles. The molecule has 19 heavy (non-hydrogen) atoms. The van der Waals surface area contributed by atoms with E-state index in [0.29, 0.717) is 12.2 Å². The van der Waals surface area contributed by atoms with Crippen LogP contribution in [0.5, 0.6) is 0 Å². The van der Waals surface area contributed by atoms with E-state index in [1.54, 1.807) is 12.1 Å². The van der Waals surface area contributed by atoms with E-state index in [0.717, 1.165) is 4.90 Å². The molecule has 3 nitrogen and oxygen atoms in total. The topological polar surface area (TPSA) is 49.3 Å². The quantitative estimate of drug-likeness (QED) is 0.757. The second-order valence-electron chi connectivity index (χ2n) is 4.65. The van der Waals surface area contributed by atoms with Gasteiger partial charge in [0.2, 0.25) is 5.91 Å². The van der Waals surface area contributed by atoms with Crippen LogP contribution in [-0.2, 0) is 4.79 Å². The Morgan fingerprint density at radius 2 is 2.00 bits per heavy atom. The SMILES string of the molecule is CC(C)C(CO)NC(=O)CCSc1ccc(F)cc1. The summed E-state index contributed by atoms with van der Waals surface area (Å²) in [5.74, 6) is 0.513. The summed E-state index contributed by atoms with van der Waals surface area (Å²) < 4.78 is 12.7. The van der Waals surface area contributed by atoms with Gasteiger partial charge in [-0.2, -0.15) is 0 Å². The van der Waals surface area contributed by atoms with Crippen LogP contribution < -0.4 is 5.32 Å². The Labute approximate surface area is 117 Å². The van der Waals surface area contributed by atoms with Crippen molar-refractivity contribution < 1.29 is 14.3 Å². The van der Waals surface area contributed by atoms with Gasteiger partial charge in [0, 0.05) is 17.1 Å². The van der Waals surface area contributed by atoms with Crippen molar-refractivity contribution in [1.29, 1.82) is 0 Å². The summed E-state index contributed by atoms with van der Waals surface area (Å²) in [7, 11) is 0. The van der Waals surface area contributed by atoms with Crippen LogP contribution in [0.25, 0.3) is 0 Å². The third-order valence-electron chi connectivity index (χ3n) is 2.76. The lowest BCUT2D eigenvalue weighted by Gasteiger charge is -2.19. The molecule has 106 valence electrons. The second kappa shape index (κ2) is 8.17. The van der Waals surface area contributed by atoms with Crippen molar-refractivity contribution >= 4 is 17.7 Å². The first-order valence-corrected chi connectivity index (χ1v) is 7.30. The van der Waals surface area contributed by atoms with Crippen LogP contribution in [0.2, 0.25) is 0 Å². The average molecular weight is 285 g/mol. The van der Waals surface area contributed by atoms with E-state index in [1.807, 2.05) is 13.8 Å². The first kappa shape index (κ1) is 16.0. The molecule has 0 aliphatic heterocycles. The Morgan fingerprint density at radius 1 is 1.37 bits per heavy atom. The number of halogens is 1. The summed E-state index contributed by atoms with van der Waals surface area (Å²) in [4.78, 5) is 12.6. The van der Waals surface area contributed by atoms with Gasteiger partial charge in [-0.25, -0.2) is 4.39 Å². The van der Waals surface area contributed by atoms with Gasteiger partial charge < -0.3 is 10.4 Å². The normalized spacial score (nSPS) is 12.5. The van der Waals surface area contributed by atoms with Crippen LogP contribution in [-0.4, -0.2) is 29.4 Å². The van der Waals surface area contributed by atoms with Crippen molar-refractivity contribution in [1.82, 2.24) is 5.32 Å². The van der Waals surface area contributed by atoms with Crippen LogP contribution in [0, 0.1) is 11.7 Å². The van der Waals surface area contributed by atoms with Gasteiger partial charge in [0.25, 0.3) is 0 Å². The number of carbonyl (C=O) groups excluding carboxylic acids is 1. The van der Waals surface area contributed by atoms with Gasteiger partial charge in [-0.3, -0.25) is 4.79 Å². The number of hydrogen-bond acceptors (Lipinski definition) is 3.